The zero-order valence-corrected chi connectivity index (χ0v) is 9.94. The zero-order chi connectivity index (χ0) is 14.3. The number of ether oxygens (including phenoxy) is 1. The Morgan fingerprint density at radius 1 is 1.50 bits per heavy atom. The number of hydrogen-bond donors (Lipinski definition) is 2. The minimum Gasteiger partial charge on any atom is -0.438 e. The van der Waals surface area contributed by atoms with Crippen LogP contribution >= 0.6 is 0 Å². The molecule has 3 rings (SSSR count). The predicted octanol–water partition coefficient (Wildman–Crippen LogP) is 0.883. The molecule has 2 N–H and O–H groups in total. The van der Waals surface area contributed by atoms with Gasteiger partial charge in [0.1, 0.15) is 5.84 Å². The Kier molecular flexibility index (Phi) is 2.78. The van der Waals surface area contributed by atoms with E-state index in [0.29, 0.717) is 11.5 Å². The van der Waals surface area contributed by atoms with E-state index in [0.717, 1.165) is 5.57 Å². The van der Waals surface area contributed by atoms with Gasteiger partial charge in [0.25, 0.3) is 0 Å². The van der Waals surface area contributed by atoms with Crippen molar-refractivity contribution >= 4 is 11.8 Å². The number of carbonyl (C=O) groups excluding carboxylic acids is 1. The fraction of sp³-hybridized carbons (Fsp3) is 0.273. The number of halogens is 3. The number of hydrogen-bond acceptors (Lipinski definition) is 6. The molecule has 0 aromatic carbocycles. The van der Waals surface area contributed by atoms with Gasteiger partial charge in [-0.15, -0.1) is 0 Å². The van der Waals surface area contributed by atoms with Crippen LogP contribution in [0.4, 0.5) is 13.2 Å². The summed E-state index contributed by atoms with van der Waals surface area (Å²) in [5, 5.41) is 4.32. The molecule has 1 atom stereocenters. The summed E-state index contributed by atoms with van der Waals surface area (Å²) in [5.41, 5.74) is 4.09. The van der Waals surface area contributed by atoms with E-state index in [1.165, 1.54) is 5.01 Å². The molecule has 0 saturated carbocycles. The summed E-state index contributed by atoms with van der Waals surface area (Å²) in [5.74, 6) is -1.74. The van der Waals surface area contributed by atoms with E-state index in [-0.39, 0.29) is 6.42 Å². The van der Waals surface area contributed by atoms with E-state index < -0.39 is 18.4 Å². The van der Waals surface area contributed by atoms with Crippen molar-refractivity contribution in [2.45, 2.75) is 18.8 Å². The molecular weight excluding hydrogens is 277 g/mol. The van der Waals surface area contributed by atoms with E-state index in [4.69, 9.17) is 0 Å². The van der Waals surface area contributed by atoms with Gasteiger partial charge in [-0.3, -0.25) is 5.01 Å². The standard InChI is InChI=1S/C11H9F3N4O2/c12-11(13,14)10(19)20-9-3-8-16-7-4-15-2-1-6(7)5-18(8)17-9/h1-2,4-5,9,15,17H,3H2. The molecule has 0 bridgehead atoms. The van der Waals surface area contributed by atoms with Crippen molar-refractivity contribution in [3.63, 3.8) is 0 Å². The highest BCUT2D eigenvalue weighted by Crippen LogP contribution is 2.26. The molecule has 0 spiro atoms. The van der Waals surface area contributed by atoms with Crippen molar-refractivity contribution in [3.05, 3.63) is 35.9 Å². The Bertz CT molecular complexity index is 577. The summed E-state index contributed by atoms with van der Waals surface area (Å²) in [7, 11) is 0. The summed E-state index contributed by atoms with van der Waals surface area (Å²) in [4.78, 5) is 15.1. The molecule has 3 aliphatic rings. The van der Waals surface area contributed by atoms with Gasteiger partial charge in [0, 0.05) is 24.2 Å². The first-order valence-corrected chi connectivity index (χ1v) is 5.69. The summed E-state index contributed by atoms with van der Waals surface area (Å²) >= 11 is 0. The van der Waals surface area contributed by atoms with E-state index in [9.17, 15) is 18.0 Å². The number of carbonyl (C=O) groups is 1. The molecule has 3 heterocycles. The highest BCUT2D eigenvalue weighted by Gasteiger charge is 2.44. The number of hydrazine groups is 1. The minimum atomic E-state index is -5.01. The lowest BCUT2D eigenvalue weighted by molar-refractivity contribution is -0.206. The van der Waals surface area contributed by atoms with Crippen LogP contribution in [0.1, 0.15) is 6.42 Å². The third-order valence-electron chi connectivity index (χ3n) is 2.80. The topological polar surface area (TPSA) is 66.0 Å². The van der Waals surface area contributed by atoms with E-state index in [1.54, 1.807) is 24.7 Å². The smallest absolute Gasteiger partial charge is 0.438 e. The fourth-order valence-corrected chi connectivity index (χ4v) is 1.93. The Morgan fingerprint density at radius 3 is 3.05 bits per heavy atom. The number of amidine groups is 1. The number of alkyl halides is 3. The van der Waals surface area contributed by atoms with Crippen LogP contribution in [0, 0.1) is 0 Å². The number of esters is 1. The Morgan fingerprint density at radius 2 is 2.30 bits per heavy atom. The van der Waals surface area contributed by atoms with Crippen LogP contribution in [0.25, 0.3) is 0 Å². The first-order valence-electron chi connectivity index (χ1n) is 5.69. The number of dihydropyridines is 1. The normalized spacial score (nSPS) is 24.1. The second-order valence-electron chi connectivity index (χ2n) is 4.24. The number of nitrogens with zero attached hydrogens (tertiary/aromatic N) is 2. The molecular formula is C11H9F3N4O2. The quantitative estimate of drug-likeness (QED) is 0.701. The molecule has 106 valence electrons. The molecule has 0 radical (unpaired) electrons. The predicted molar refractivity (Wildman–Crippen MR) is 61.4 cm³/mol. The molecule has 1 fully saturated rings. The van der Waals surface area contributed by atoms with Crippen LogP contribution in [-0.2, 0) is 9.53 Å². The van der Waals surface area contributed by atoms with Crippen LogP contribution in [0.15, 0.2) is 40.9 Å². The van der Waals surface area contributed by atoms with Gasteiger partial charge in [-0.05, 0) is 6.08 Å². The van der Waals surface area contributed by atoms with Gasteiger partial charge in [-0.2, -0.15) is 18.6 Å². The number of rotatable bonds is 1. The third-order valence-corrected chi connectivity index (χ3v) is 2.80. The average molecular weight is 286 g/mol. The lowest BCUT2D eigenvalue weighted by Crippen LogP contribution is -2.39. The number of fused-ring (bicyclic) bond motifs is 2. The van der Waals surface area contributed by atoms with Crippen LogP contribution in [0.2, 0.25) is 0 Å². The van der Waals surface area contributed by atoms with E-state index in [2.05, 4.69) is 20.5 Å². The number of allylic oxidation sites excluding steroid dienone is 1. The van der Waals surface area contributed by atoms with Crippen molar-refractivity contribution in [1.82, 2.24) is 15.8 Å². The summed E-state index contributed by atoms with van der Waals surface area (Å²) < 4.78 is 40.7. The van der Waals surface area contributed by atoms with Crippen molar-refractivity contribution in [1.29, 1.82) is 0 Å². The Balaban J connectivity index is 1.72. The molecule has 0 aromatic rings. The largest absolute Gasteiger partial charge is 0.490 e. The van der Waals surface area contributed by atoms with Crippen molar-refractivity contribution in [2.75, 3.05) is 0 Å². The van der Waals surface area contributed by atoms with Gasteiger partial charge < -0.3 is 10.1 Å². The third kappa shape index (κ3) is 2.27. The zero-order valence-electron chi connectivity index (χ0n) is 9.94. The van der Waals surface area contributed by atoms with Crippen molar-refractivity contribution in [3.8, 4) is 0 Å². The maximum absolute atomic E-state index is 12.1. The molecule has 3 aliphatic heterocycles. The van der Waals surface area contributed by atoms with Gasteiger partial charge in [-0.1, -0.05) is 0 Å². The molecule has 20 heavy (non-hydrogen) atoms. The Labute approximate surface area is 111 Å². The SMILES string of the molecule is O=C(OC1CC2=NC3=CNC=CC3=CN2N1)C(F)(F)F. The second kappa shape index (κ2) is 4.37. The highest BCUT2D eigenvalue weighted by atomic mass is 19.4. The maximum atomic E-state index is 12.1. The van der Waals surface area contributed by atoms with Gasteiger partial charge in [-0.25, -0.2) is 9.79 Å². The van der Waals surface area contributed by atoms with Gasteiger partial charge in [0.15, 0.2) is 6.23 Å². The molecule has 0 amide bonds. The number of aliphatic imine (C=N–C) groups is 1. The second-order valence-corrected chi connectivity index (χ2v) is 4.24. The molecule has 0 aliphatic carbocycles. The molecule has 0 aromatic heterocycles. The van der Waals surface area contributed by atoms with E-state index in [1.807, 2.05) is 0 Å². The molecule has 1 saturated heterocycles. The van der Waals surface area contributed by atoms with Gasteiger partial charge in [0.2, 0.25) is 0 Å². The molecule has 1 unspecified atom stereocenters. The molecule has 9 heteroatoms. The fourth-order valence-electron chi connectivity index (χ4n) is 1.93. The lowest BCUT2D eigenvalue weighted by Gasteiger charge is -2.22. The van der Waals surface area contributed by atoms with Crippen LogP contribution in [-0.4, -0.2) is 29.2 Å². The van der Waals surface area contributed by atoms with Crippen LogP contribution in [0.3, 0.4) is 0 Å². The minimum absolute atomic E-state index is 0.0622. The van der Waals surface area contributed by atoms with E-state index >= 15 is 0 Å². The summed E-state index contributed by atoms with van der Waals surface area (Å²) in [6, 6.07) is 0. The highest BCUT2D eigenvalue weighted by molar-refractivity contribution is 5.88. The molecule has 6 nitrogen and oxygen atoms in total. The van der Waals surface area contributed by atoms with Crippen LogP contribution in [0.5, 0.6) is 0 Å². The van der Waals surface area contributed by atoms with Gasteiger partial charge in [0.05, 0.1) is 12.1 Å². The first-order chi connectivity index (χ1) is 9.43. The lowest BCUT2D eigenvalue weighted by atomic mass is 10.1. The van der Waals surface area contributed by atoms with Crippen LogP contribution < -0.4 is 10.7 Å². The van der Waals surface area contributed by atoms with Gasteiger partial charge >= 0.3 is 12.1 Å². The summed E-state index contributed by atoms with van der Waals surface area (Å²) in [6.45, 7) is 0. The first kappa shape index (κ1) is 12.7. The number of nitrogens with one attached hydrogen (secondary N) is 2. The van der Waals surface area contributed by atoms with Crippen molar-refractivity contribution < 1.29 is 22.7 Å². The van der Waals surface area contributed by atoms with Crippen molar-refractivity contribution in [2.24, 2.45) is 4.99 Å². The maximum Gasteiger partial charge on any atom is 0.490 e. The summed E-state index contributed by atoms with van der Waals surface area (Å²) in [6.07, 6.45) is 0.788. The monoisotopic (exact) mass is 286 g/mol. The average Bonchev–Trinajstić information content (AvgIpc) is 2.75. The Hall–Kier alpha value is -2.29.